The molecule has 8 heteroatoms. The van der Waals surface area contributed by atoms with Crippen LogP contribution in [-0.4, -0.2) is 29.1 Å². The number of halogens is 5. The van der Waals surface area contributed by atoms with Crippen molar-refractivity contribution < 1.29 is 27.5 Å². The Morgan fingerprint density at radius 1 is 0.710 bits per heavy atom. The predicted octanol–water partition coefficient (Wildman–Crippen LogP) is 6.22. The van der Waals surface area contributed by atoms with Gasteiger partial charge in [-0.25, -0.2) is 13.6 Å². The quantitative estimate of drug-likeness (QED) is 0.275. The maximum atomic E-state index is 13.2. The first-order valence-corrected chi connectivity index (χ1v) is 9.37. The van der Waals surface area contributed by atoms with Gasteiger partial charge in [-0.15, -0.1) is 0 Å². The third kappa shape index (κ3) is 6.15. The number of aliphatic carboxylic acids is 1. The molecule has 3 aromatic carbocycles. The Morgan fingerprint density at radius 2 is 1.00 bits per heavy atom. The Bertz CT molecular complexity index is 888. The summed E-state index contributed by atoms with van der Waals surface area (Å²) in [7, 11) is 0. The van der Waals surface area contributed by atoms with Gasteiger partial charge < -0.3 is 5.11 Å². The average molecular weight is 452 g/mol. The van der Waals surface area contributed by atoms with Crippen molar-refractivity contribution in [1.29, 1.82) is 0 Å². The summed E-state index contributed by atoms with van der Waals surface area (Å²) >= 11 is 5.85. The average Bonchev–Trinajstić information content (AvgIpc) is 2.79. The molecule has 0 fully saturated rings. The third-order valence-corrected chi connectivity index (χ3v) is 4.47. The van der Waals surface area contributed by atoms with Gasteiger partial charge in [0, 0.05) is 0 Å². The minimum Gasteiger partial charge on any atom is -0.477 e. The first kappa shape index (κ1) is 24.1. The summed E-state index contributed by atoms with van der Waals surface area (Å²) in [5, 5.41) is 6.53. The van der Waals surface area contributed by atoms with E-state index in [1.54, 1.807) is 0 Å². The largest absolute Gasteiger partial charge is 0.477 e. The Hall–Kier alpha value is -3.19. The number of benzene rings is 3. The molecule has 0 saturated heterocycles. The van der Waals surface area contributed by atoms with E-state index in [-0.39, 0.29) is 0 Å². The number of carboxylic acid groups (broad SMARTS) is 1. The van der Waals surface area contributed by atoms with Crippen LogP contribution in [0.15, 0.2) is 96.0 Å². The van der Waals surface area contributed by atoms with Crippen LogP contribution in [0.1, 0.15) is 16.7 Å². The number of hydrogen-bond donors (Lipinski definition) is 1. The third-order valence-electron chi connectivity index (χ3n) is 4.22. The molecule has 0 bridgehead atoms. The van der Waals surface area contributed by atoms with Crippen LogP contribution in [0.2, 0.25) is 0 Å². The highest BCUT2D eigenvalue weighted by Gasteiger charge is 2.37. The van der Waals surface area contributed by atoms with Gasteiger partial charge in [-0.3, -0.25) is 4.99 Å². The SMILES string of the molecule is FC(F)C(Cl)=NC(c1ccccc1)(c1ccccc1)c1ccccc1.O=C(O)C(F)F. The zero-order valence-corrected chi connectivity index (χ0v) is 16.8. The molecule has 31 heavy (non-hydrogen) atoms. The molecule has 0 saturated carbocycles. The van der Waals surface area contributed by atoms with Gasteiger partial charge in [0.1, 0.15) is 5.54 Å². The van der Waals surface area contributed by atoms with Gasteiger partial charge in [0.2, 0.25) is 0 Å². The molecule has 0 atom stereocenters. The second kappa shape index (κ2) is 11.3. The fourth-order valence-electron chi connectivity index (χ4n) is 2.94. The topological polar surface area (TPSA) is 49.7 Å². The van der Waals surface area contributed by atoms with E-state index in [0.717, 1.165) is 16.7 Å². The number of nitrogens with zero attached hydrogens (tertiary/aromatic N) is 1. The molecule has 162 valence electrons. The fourth-order valence-corrected chi connectivity index (χ4v) is 3.07. The van der Waals surface area contributed by atoms with Gasteiger partial charge in [0.05, 0.1) is 0 Å². The van der Waals surface area contributed by atoms with Gasteiger partial charge in [0.15, 0.2) is 5.17 Å². The summed E-state index contributed by atoms with van der Waals surface area (Å²) < 4.78 is 47.6. The van der Waals surface area contributed by atoms with Gasteiger partial charge in [0.25, 0.3) is 6.43 Å². The van der Waals surface area contributed by atoms with Crippen LogP contribution < -0.4 is 0 Å². The molecule has 0 unspecified atom stereocenters. The van der Waals surface area contributed by atoms with Crippen molar-refractivity contribution in [3.63, 3.8) is 0 Å². The highest BCUT2D eigenvalue weighted by Crippen LogP contribution is 2.41. The zero-order valence-electron chi connectivity index (χ0n) is 16.0. The lowest BCUT2D eigenvalue weighted by Crippen LogP contribution is -2.29. The number of rotatable bonds is 6. The number of hydrogen-bond acceptors (Lipinski definition) is 2. The van der Waals surface area contributed by atoms with Crippen molar-refractivity contribution >= 4 is 22.7 Å². The fraction of sp³-hybridized carbons (Fsp3) is 0.130. The van der Waals surface area contributed by atoms with Crippen LogP contribution in [0.5, 0.6) is 0 Å². The molecular weight excluding hydrogens is 434 g/mol. The van der Waals surface area contributed by atoms with E-state index in [9.17, 15) is 17.6 Å². The van der Waals surface area contributed by atoms with Crippen LogP contribution in [0, 0.1) is 0 Å². The molecule has 0 aliphatic rings. The van der Waals surface area contributed by atoms with E-state index >= 15 is 0 Å². The van der Waals surface area contributed by atoms with E-state index < -0.39 is 29.5 Å². The first-order chi connectivity index (χ1) is 14.8. The lowest BCUT2D eigenvalue weighted by atomic mass is 9.77. The molecule has 3 nitrogen and oxygen atoms in total. The van der Waals surface area contributed by atoms with Crippen molar-refractivity contribution in [2.45, 2.75) is 18.4 Å². The first-order valence-electron chi connectivity index (χ1n) is 9.00. The number of alkyl halides is 4. The molecule has 0 radical (unpaired) electrons. The molecular formula is C23H18ClF4NO2. The van der Waals surface area contributed by atoms with Crippen LogP contribution in [0.3, 0.4) is 0 Å². The molecule has 1 N–H and O–H groups in total. The maximum absolute atomic E-state index is 13.2. The summed E-state index contributed by atoms with van der Waals surface area (Å²) in [5.74, 6) is -2.07. The van der Waals surface area contributed by atoms with Crippen LogP contribution in [-0.2, 0) is 10.3 Å². The Kier molecular flexibility index (Phi) is 8.75. The number of carbonyl (C=O) groups is 1. The molecule has 0 amide bonds. The van der Waals surface area contributed by atoms with Gasteiger partial charge in [-0.1, -0.05) is 103 Å². The van der Waals surface area contributed by atoms with E-state index in [2.05, 4.69) is 4.99 Å². The van der Waals surface area contributed by atoms with Crippen molar-refractivity contribution in [1.82, 2.24) is 0 Å². The highest BCUT2D eigenvalue weighted by atomic mass is 35.5. The van der Waals surface area contributed by atoms with Crippen molar-refractivity contribution in [3.8, 4) is 0 Å². The smallest absolute Gasteiger partial charge is 0.371 e. The summed E-state index contributed by atoms with van der Waals surface area (Å²) in [5.41, 5.74) is 1.17. The van der Waals surface area contributed by atoms with Gasteiger partial charge >= 0.3 is 12.4 Å². The monoisotopic (exact) mass is 451 g/mol. The summed E-state index contributed by atoms with van der Waals surface area (Å²) in [4.78, 5) is 13.3. The second-order valence-electron chi connectivity index (χ2n) is 6.18. The second-order valence-corrected chi connectivity index (χ2v) is 6.57. The minimum absolute atomic E-state index is 0.712. The normalized spacial score (nSPS) is 11.8. The Balaban J connectivity index is 0.000000501. The van der Waals surface area contributed by atoms with E-state index in [0.29, 0.717) is 0 Å². The summed E-state index contributed by atoms with van der Waals surface area (Å²) in [6, 6.07) is 28.1. The lowest BCUT2D eigenvalue weighted by molar-refractivity contribution is -0.149. The van der Waals surface area contributed by atoms with Crippen molar-refractivity contribution in [2.75, 3.05) is 0 Å². The Labute approximate surface area is 181 Å². The van der Waals surface area contributed by atoms with E-state index in [4.69, 9.17) is 21.5 Å². The zero-order chi connectivity index (χ0) is 22.9. The van der Waals surface area contributed by atoms with Crippen LogP contribution in [0.4, 0.5) is 17.6 Å². The van der Waals surface area contributed by atoms with E-state index in [1.807, 2.05) is 91.0 Å². The van der Waals surface area contributed by atoms with E-state index in [1.165, 1.54) is 0 Å². The minimum atomic E-state index is -3.23. The molecule has 0 aliphatic heterocycles. The molecule has 0 aliphatic carbocycles. The van der Waals surface area contributed by atoms with Gasteiger partial charge in [-0.05, 0) is 16.7 Å². The summed E-state index contributed by atoms with van der Waals surface area (Å²) in [6.45, 7) is 0. The predicted molar refractivity (Wildman–Crippen MR) is 112 cm³/mol. The molecule has 0 heterocycles. The molecule has 0 aromatic heterocycles. The van der Waals surface area contributed by atoms with Crippen LogP contribution in [0.25, 0.3) is 0 Å². The molecule has 0 spiro atoms. The van der Waals surface area contributed by atoms with Crippen molar-refractivity contribution in [3.05, 3.63) is 108 Å². The Morgan fingerprint density at radius 3 is 1.23 bits per heavy atom. The number of carboxylic acids is 1. The maximum Gasteiger partial charge on any atom is 0.371 e. The summed E-state index contributed by atoms with van der Waals surface area (Å²) in [6.07, 6.45) is -6.07. The molecule has 3 rings (SSSR count). The lowest BCUT2D eigenvalue weighted by Gasteiger charge is -2.32. The van der Waals surface area contributed by atoms with Gasteiger partial charge in [-0.2, -0.15) is 8.78 Å². The molecule has 3 aromatic rings. The standard InChI is InChI=1S/C21H16ClF2N.C2H2F2O2/c22-19(20(23)24)25-21(16-10-4-1-5-11-16,17-12-6-2-7-13-17)18-14-8-3-9-15-18;3-1(4)2(5)6/h1-15,20H;1H,(H,5,6). The van der Waals surface area contributed by atoms with Crippen LogP contribution >= 0.6 is 11.6 Å². The highest BCUT2D eigenvalue weighted by molar-refractivity contribution is 6.66. The van der Waals surface area contributed by atoms with Crippen molar-refractivity contribution in [2.24, 2.45) is 4.99 Å². The number of aliphatic imine (C=N–C) groups is 1.